The number of hydrogen-bond acceptors (Lipinski definition) is 3. The Labute approximate surface area is 111 Å². The minimum atomic E-state index is -0.709. The number of aliphatic carboxylic acids is 1. The summed E-state index contributed by atoms with van der Waals surface area (Å²) in [5.41, 5.74) is 0. The minimum absolute atomic E-state index is 0.178. The summed E-state index contributed by atoms with van der Waals surface area (Å²) in [7, 11) is 4.07. The fraction of sp³-hybridized carbons (Fsp3) is 0.929. The maximum atomic E-state index is 11.0. The van der Waals surface area contributed by atoms with Crippen LogP contribution in [0.3, 0.4) is 0 Å². The van der Waals surface area contributed by atoms with Crippen LogP contribution in [0.25, 0.3) is 0 Å². The van der Waals surface area contributed by atoms with Gasteiger partial charge in [-0.3, -0.25) is 9.69 Å². The average molecular weight is 256 g/mol. The van der Waals surface area contributed by atoms with E-state index in [1.165, 1.54) is 12.8 Å². The largest absolute Gasteiger partial charge is 0.480 e. The number of nitrogens with zero attached hydrogens (tertiary/aromatic N) is 2. The Morgan fingerprint density at radius 1 is 1.22 bits per heavy atom. The van der Waals surface area contributed by atoms with Gasteiger partial charge in [-0.05, 0) is 45.2 Å². The topological polar surface area (TPSA) is 43.8 Å². The second-order valence-electron chi connectivity index (χ2n) is 6.13. The molecule has 1 N–H and O–H groups in total. The van der Waals surface area contributed by atoms with Gasteiger partial charge in [0.1, 0.15) is 0 Å². The van der Waals surface area contributed by atoms with Crippen molar-refractivity contribution < 1.29 is 9.90 Å². The molecule has 3 atom stereocenters. The summed E-state index contributed by atoms with van der Waals surface area (Å²) in [6.45, 7) is 6.52. The second-order valence-corrected chi connectivity index (χ2v) is 6.13. The summed E-state index contributed by atoms with van der Waals surface area (Å²) in [5, 5.41) is 9.06. The van der Waals surface area contributed by atoms with Gasteiger partial charge in [0.05, 0.1) is 6.54 Å². The minimum Gasteiger partial charge on any atom is -0.480 e. The molecule has 1 saturated carbocycles. The Kier molecular flexibility index (Phi) is 6.09. The van der Waals surface area contributed by atoms with E-state index in [0.717, 1.165) is 25.4 Å². The van der Waals surface area contributed by atoms with Crippen LogP contribution in [-0.4, -0.2) is 60.6 Å². The fourth-order valence-electron chi connectivity index (χ4n) is 3.06. The van der Waals surface area contributed by atoms with Gasteiger partial charge in [0.25, 0.3) is 0 Å². The summed E-state index contributed by atoms with van der Waals surface area (Å²) in [6.07, 6.45) is 3.60. The third-order valence-electron chi connectivity index (χ3n) is 4.03. The van der Waals surface area contributed by atoms with E-state index >= 15 is 0 Å². The predicted molar refractivity (Wildman–Crippen MR) is 73.7 cm³/mol. The van der Waals surface area contributed by atoms with Crippen LogP contribution in [0.5, 0.6) is 0 Å². The molecule has 4 nitrogen and oxygen atoms in total. The molecule has 0 spiro atoms. The molecule has 0 aliphatic heterocycles. The van der Waals surface area contributed by atoms with Crippen LogP contribution < -0.4 is 0 Å². The van der Waals surface area contributed by atoms with Crippen LogP contribution in [0.1, 0.15) is 33.1 Å². The highest BCUT2D eigenvalue weighted by molar-refractivity contribution is 5.69. The lowest BCUT2D eigenvalue weighted by Gasteiger charge is -2.40. The molecule has 0 saturated heterocycles. The van der Waals surface area contributed by atoms with Crippen LogP contribution >= 0.6 is 0 Å². The van der Waals surface area contributed by atoms with E-state index in [4.69, 9.17) is 5.11 Å². The molecule has 0 heterocycles. The number of carbonyl (C=O) groups is 1. The Hall–Kier alpha value is -0.610. The molecule has 3 unspecified atom stereocenters. The first kappa shape index (κ1) is 15.4. The zero-order valence-electron chi connectivity index (χ0n) is 12.2. The van der Waals surface area contributed by atoms with Crippen molar-refractivity contribution in [2.24, 2.45) is 11.8 Å². The van der Waals surface area contributed by atoms with Crippen molar-refractivity contribution in [3.8, 4) is 0 Å². The Bertz CT molecular complexity index is 269. The SMILES string of the molecule is CC1CCC(N(CCN(C)C)CC(=O)O)C(C)C1. The van der Waals surface area contributed by atoms with Crippen LogP contribution in [0.4, 0.5) is 0 Å². The van der Waals surface area contributed by atoms with Gasteiger partial charge >= 0.3 is 5.97 Å². The van der Waals surface area contributed by atoms with E-state index in [0.29, 0.717) is 12.0 Å². The molecule has 0 bridgehead atoms. The normalized spacial score (nSPS) is 28.9. The highest BCUT2D eigenvalue weighted by Crippen LogP contribution is 2.31. The third kappa shape index (κ3) is 4.94. The zero-order chi connectivity index (χ0) is 13.7. The van der Waals surface area contributed by atoms with Crippen molar-refractivity contribution in [3.05, 3.63) is 0 Å². The molecule has 1 aliphatic rings. The number of hydrogen-bond donors (Lipinski definition) is 1. The number of rotatable bonds is 6. The van der Waals surface area contributed by atoms with Gasteiger partial charge in [-0.1, -0.05) is 13.8 Å². The lowest BCUT2D eigenvalue weighted by molar-refractivity contribution is -0.139. The van der Waals surface area contributed by atoms with Crippen molar-refractivity contribution in [3.63, 3.8) is 0 Å². The molecule has 1 aliphatic carbocycles. The smallest absolute Gasteiger partial charge is 0.317 e. The van der Waals surface area contributed by atoms with Gasteiger partial charge in [-0.25, -0.2) is 0 Å². The molecule has 0 aromatic heterocycles. The van der Waals surface area contributed by atoms with Gasteiger partial charge < -0.3 is 10.0 Å². The Balaban J connectivity index is 2.60. The van der Waals surface area contributed by atoms with E-state index in [9.17, 15) is 4.79 Å². The molecule has 1 rings (SSSR count). The maximum absolute atomic E-state index is 11.0. The lowest BCUT2D eigenvalue weighted by atomic mass is 9.79. The van der Waals surface area contributed by atoms with Crippen molar-refractivity contribution in [1.29, 1.82) is 0 Å². The molecular weight excluding hydrogens is 228 g/mol. The van der Waals surface area contributed by atoms with Gasteiger partial charge in [0, 0.05) is 19.1 Å². The molecule has 106 valence electrons. The second kappa shape index (κ2) is 7.10. The van der Waals surface area contributed by atoms with Gasteiger partial charge in [0.2, 0.25) is 0 Å². The van der Waals surface area contributed by atoms with E-state index in [1.807, 2.05) is 14.1 Å². The molecule has 4 heteroatoms. The molecule has 18 heavy (non-hydrogen) atoms. The number of likely N-dealkylation sites (N-methyl/N-ethyl adjacent to an activating group) is 1. The Morgan fingerprint density at radius 3 is 2.39 bits per heavy atom. The molecule has 0 radical (unpaired) electrons. The Morgan fingerprint density at radius 2 is 1.89 bits per heavy atom. The van der Waals surface area contributed by atoms with Crippen molar-refractivity contribution in [2.45, 2.75) is 39.2 Å². The van der Waals surface area contributed by atoms with Crippen molar-refractivity contribution in [1.82, 2.24) is 9.80 Å². The third-order valence-corrected chi connectivity index (χ3v) is 4.03. The summed E-state index contributed by atoms with van der Waals surface area (Å²) in [6, 6.07) is 0.442. The van der Waals surface area contributed by atoms with E-state index in [2.05, 4.69) is 23.6 Å². The highest BCUT2D eigenvalue weighted by Gasteiger charge is 2.30. The summed E-state index contributed by atoms with van der Waals surface area (Å²) in [5.74, 6) is 0.687. The lowest BCUT2D eigenvalue weighted by Crippen LogP contribution is -2.47. The predicted octanol–water partition coefficient (Wildman–Crippen LogP) is 1.76. The number of carboxylic acids is 1. The fourth-order valence-corrected chi connectivity index (χ4v) is 3.06. The van der Waals surface area contributed by atoms with Crippen LogP contribution in [0.15, 0.2) is 0 Å². The van der Waals surface area contributed by atoms with Crippen LogP contribution in [0, 0.1) is 11.8 Å². The van der Waals surface area contributed by atoms with Gasteiger partial charge in [-0.15, -0.1) is 0 Å². The molecule has 1 fully saturated rings. The molecule has 0 aromatic carbocycles. The standard InChI is InChI=1S/C14H28N2O2/c1-11-5-6-13(12(2)9-11)16(10-14(17)18)8-7-15(3)4/h11-13H,5-10H2,1-4H3,(H,17,18). The van der Waals surface area contributed by atoms with Crippen molar-refractivity contribution >= 4 is 5.97 Å². The van der Waals surface area contributed by atoms with E-state index in [1.54, 1.807) is 0 Å². The number of carboxylic acid groups (broad SMARTS) is 1. The van der Waals surface area contributed by atoms with Crippen molar-refractivity contribution in [2.75, 3.05) is 33.7 Å². The quantitative estimate of drug-likeness (QED) is 0.786. The van der Waals surface area contributed by atoms with Gasteiger partial charge in [-0.2, -0.15) is 0 Å². The monoisotopic (exact) mass is 256 g/mol. The average Bonchev–Trinajstić information content (AvgIpc) is 2.24. The molecular formula is C14H28N2O2. The summed E-state index contributed by atoms with van der Waals surface area (Å²) < 4.78 is 0. The molecule has 0 amide bonds. The van der Waals surface area contributed by atoms with E-state index < -0.39 is 5.97 Å². The van der Waals surface area contributed by atoms with Gasteiger partial charge in [0.15, 0.2) is 0 Å². The van der Waals surface area contributed by atoms with E-state index in [-0.39, 0.29) is 6.54 Å². The first-order valence-corrected chi connectivity index (χ1v) is 7.00. The van der Waals surface area contributed by atoms with Crippen LogP contribution in [0.2, 0.25) is 0 Å². The summed E-state index contributed by atoms with van der Waals surface area (Å²) in [4.78, 5) is 15.3. The first-order valence-electron chi connectivity index (χ1n) is 7.00. The zero-order valence-corrected chi connectivity index (χ0v) is 12.2. The highest BCUT2D eigenvalue weighted by atomic mass is 16.4. The maximum Gasteiger partial charge on any atom is 0.317 e. The molecule has 0 aromatic rings. The first-order chi connectivity index (χ1) is 8.40. The summed E-state index contributed by atoms with van der Waals surface area (Å²) >= 11 is 0. The van der Waals surface area contributed by atoms with Crippen LogP contribution in [-0.2, 0) is 4.79 Å².